The standard InChI is InChI=1S/C21H22ClN5O3/c1-13-11-26(5-6-27(13)21(29)30)12-16-7-17(22)9-19(14(16)2)25-20(28)15-3-4-24-18(8-15)10-23/h3-4,7-9,13H,5-6,11-12H2,1-2H3,(H,25,28)(H,29,30)/t13-/m0/s1. The summed E-state index contributed by atoms with van der Waals surface area (Å²) >= 11 is 6.30. The SMILES string of the molecule is Cc1c(CN2CCN(C(=O)O)[C@@H](C)C2)cc(Cl)cc1NC(=O)c1ccnc(C#N)c1. The number of carbonyl (C=O) groups is 2. The average Bonchev–Trinajstić information content (AvgIpc) is 2.71. The van der Waals surface area contributed by atoms with Crippen molar-refractivity contribution in [3.05, 3.63) is 57.9 Å². The maximum absolute atomic E-state index is 12.6. The minimum Gasteiger partial charge on any atom is -0.465 e. The Bertz CT molecular complexity index is 1020. The molecule has 1 aliphatic heterocycles. The van der Waals surface area contributed by atoms with E-state index in [-0.39, 0.29) is 17.6 Å². The summed E-state index contributed by atoms with van der Waals surface area (Å²) in [6.45, 7) is 6.09. The molecule has 0 bridgehead atoms. The summed E-state index contributed by atoms with van der Waals surface area (Å²) < 4.78 is 0. The Morgan fingerprint density at radius 2 is 2.13 bits per heavy atom. The maximum Gasteiger partial charge on any atom is 0.407 e. The van der Waals surface area contributed by atoms with Crippen molar-refractivity contribution in [1.29, 1.82) is 5.26 Å². The van der Waals surface area contributed by atoms with Gasteiger partial charge in [-0.3, -0.25) is 9.69 Å². The van der Waals surface area contributed by atoms with E-state index in [4.69, 9.17) is 16.9 Å². The van der Waals surface area contributed by atoms with Gasteiger partial charge in [0.15, 0.2) is 0 Å². The fourth-order valence-corrected chi connectivity index (χ4v) is 3.80. The highest BCUT2D eigenvalue weighted by Crippen LogP contribution is 2.27. The Hall–Kier alpha value is -3.15. The lowest BCUT2D eigenvalue weighted by Gasteiger charge is -2.38. The van der Waals surface area contributed by atoms with Gasteiger partial charge in [-0.05, 0) is 49.2 Å². The van der Waals surface area contributed by atoms with Crippen molar-refractivity contribution in [2.24, 2.45) is 0 Å². The predicted molar refractivity (Wildman–Crippen MR) is 113 cm³/mol. The third kappa shape index (κ3) is 4.87. The summed E-state index contributed by atoms with van der Waals surface area (Å²) in [6, 6.07) is 8.34. The molecule has 2 heterocycles. The van der Waals surface area contributed by atoms with Crippen LogP contribution in [0.15, 0.2) is 30.5 Å². The quantitative estimate of drug-likeness (QED) is 0.774. The highest BCUT2D eigenvalue weighted by molar-refractivity contribution is 6.31. The molecule has 1 aliphatic rings. The van der Waals surface area contributed by atoms with Gasteiger partial charge in [-0.2, -0.15) is 5.26 Å². The molecule has 2 N–H and O–H groups in total. The van der Waals surface area contributed by atoms with Gasteiger partial charge in [-0.25, -0.2) is 9.78 Å². The molecular weight excluding hydrogens is 406 g/mol. The lowest BCUT2D eigenvalue weighted by atomic mass is 10.0. The molecule has 9 heteroatoms. The molecule has 30 heavy (non-hydrogen) atoms. The van der Waals surface area contributed by atoms with Crippen molar-refractivity contribution < 1.29 is 14.7 Å². The zero-order valence-corrected chi connectivity index (χ0v) is 17.5. The molecule has 0 aliphatic carbocycles. The third-order valence-electron chi connectivity index (χ3n) is 5.22. The number of hydrogen-bond donors (Lipinski definition) is 2. The largest absolute Gasteiger partial charge is 0.465 e. The number of hydrogen-bond acceptors (Lipinski definition) is 5. The van der Waals surface area contributed by atoms with Gasteiger partial charge in [-0.1, -0.05) is 11.6 Å². The van der Waals surface area contributed by atoms with E-state index in [0.717, 1.165) is 11.1 Å². The third-order valence-corrected chi connectivity index (χ3v) is 5.43. The van der Waals surface area contributed by atoms with Crippen molar-refractivity contribution in [3.63, 3.8) is 0 Å². The van der Waals surface area contributed by atoms with E-state index in [1.807, 2.05) is 26.0 Å². The average molecular weight is 428 g/mol. The molecular formula is C21H22ClN5O3. The molecule has 1 atom stereocenters. The number of nitrogens with zero attached hydrogens (tertiary/aromatic N) is 4. The van der Waals surface area contributed by atoms with Gasteiger partial charge in [0.25, 0.3) is 5.91 Å². The lowest BCUT2D eigenvalue weighted by Crippen LogP contribution is -2.53. The van der Waals surface area contributed by atoms with E-state index in [0.29, 0.717) is 42.5 Å². The smallest absolute Gasteiger partial charge is 0.407 e. The highest BCUT2D eigenvalue weighted by Gasteiger charge is 2.27. The second-order valence-electron chi connectivity index (χ2n) is 7.29. The molecule has 156 valence electrons. The van der Waals surface area contributed by atoms with E-state index in [2.05, 4.69) is 15.2 Å². The van der Waals surface area contributed by atoms with Crippen LogP contribution in [0.3, 0.4) is 0 Å². The van der Waals surface area contributed by atoms with Crippen LogP contribution >= 0.6 is 11.6 Å². The summed E-state index contributed by atoms with van der Waals surface area (Å²) in [6.07, 6.45) is 0.517. The fraction of sp³-hybridized carbons (Fsp3) is 0.333. The first-order valence-electron chi connectivity index (χ1n) is 9.47. The fourth-order valence-electron chi connectivity index (χ4n) is 3.56. The van der Waals surface area contributed by atoms with Crippen molar-refractivity contribution in [3.8, 4) is 6.07 Å². The number of aromatic nitrogens is 1. The number of carbonyl (C=O) groups excluding carboxylic acids is 1. The van der Waals surface area contributed by atoms with Crippen LogP contribution in [-0.2, 0) is 6.54 Å². The maximum atomic E-state index is 12.6. The molecule has 0 unspecified atom stereocenters. The van der Waals surface area contributed by atoms with Crippen molar-refractivity contribution >= 4 is 29.3 Å². The molecule has 1 aromatic heterocycles. The first kappa shape index (κ1) is 21.6. The van der Waals surface area contributed by atoms with E-state index < -0.39 is 6.09 Å². The predicted octanol–water partition coefficient (Wildman–Crippen LogP) is 3.35. The van der Waals surface area contributed by atoms with E-state index in [1.165, 1.54) is 17.2 Å². The molecule has 1 fully saturated rings. The lowest BCUT2D eigenvalue weighted by molar-refractivity contribution is 0.0710. The van der Waals surface area contributed by atoms with Crippen molar-refractivity contribution in [1.82, 2.24) is 14.8 Å². The number of nitriles is 1. The van der Waals surface area contributed by atoms with Gasteiger partial charge < -0.3 is 15.3 Å². The number of nitrogens with one attached hydrogen (secondary N) is 1. The van der Waals surface area contributed by atoms with Crippen LogP contribution < -0.4 is 5.32 Å². The topological polar surface area (TPSA) is 110 Å². The van der Waals surface area contributed by atoms with Crippen LogP contribution in [-0.4, -0.2) is 57.6 Å². The second-order valence-corrected chi connectivity index (χ2v) is 7.73. The van der Waals surface area contributed by atoms with E-state index >= 15 is 0 Å². The van der Waals surface area contributed by atoms with Crippen LogP contribution in [0.25, 0.3) is 0 Å². The second kappa shape index (κ2) is 9.11. The van der Waals surface area contributed by atoms with Gasteiger partial charge in [0.1, 0.15) is 11.8 Å². The van der Waals surface area contributed by atoms with Crippen LogP contribution in [0.5, 0.6) is 0 Å². The van der Waals surface area contributed by atoms with Gasteiger partial charge in [0.05, 0.1) is 0 Å². The number of pyridine rings is 1. The van der Waals surface area contributed by atoms with Crippen LogP contribution in [0.2, 0.25) is 5.02 Å². The van der Waals surface area contributed by atoms with Gasteiger partial charge >= 0.3 is 6.09 Å². The number of amides is 2. The van der Waals surface area contributed by atoms with E-state index in [1.54, 1.807) is 12.1 Å². The summed E-state index contributed by atoms with van der Waals surface area (Å²) in [5.74, 6) is -0.353. The Labute approximate surface area is 179 Å². The molecule has 0 spiro atoms. The summed E-state index contributed by atoms with van der Waals surface area (Å²) in [5.41, 5.74) is 2.94. The highest BCUT2D eigenvalue weighted by atomic mass is 35.5. The van der Waals surface area contributed by atoms with Gasteiger partial charge in [-0.15, -0.1) is 0 Å². The zero-order valence-electron chi connectivity index (χ0n) is 16.7. The Morgan fingerprint density at radius 3 is 2.80 bits per heavy atom. The van der Waals surface area contributed by atoms with Crippen LogP contribution in [0.1, 0.15) is 34.1 Å². The van der Waals surface area contributed by atoms with Gasteiger partial charge in [0.2, 0.25) is 0 Å². The number of rotatable bonds is 4. The van der Waals surface area contributed by atoms with Crippen molar-refractivity contribution in [2.45, 2.75) is 26.4 Å². The normalized spacial score (nSPS) is 16.7. The monoisotopic (exact) mass is 427 g/mol. The number of piperazine rings is 1. The number of carboxylic acid groups (broad SMARTS) is 1. The van der Waals surface area contributed by atoms with Gasteiger partial charge in [0, 0.05) is 54.7 Å². The number of anilines is 1. The van der Waals surface area contributed by atoms with E-state index in [9.17, 15) is 14.7 Å². The Balaban J connectivity index is 1.76. The molecule has 1 aromatic carbocycles. The summed E-state index contributed by atoms with van der Waals surface area (Å²) in [5, 5.41) is 21.6. The molecule has 2 aromatic rings. The number of halogens is 1. The van der Waals surface area contributed by atoms with Crippen LogP contribution in [0.4, 0.5) is 10.5 Å². The minimum atomic E-state index is -0.901. The first-order chi connectivity index (χ1) is 14.3. The molecule has 0 saturated carbocycles. The minimum absolute atomic E-state index is 0.101. The molecule has 0 radical (unpaired) electrons. The molecule has 2 amide bonds. The zero-order chi connectivity index (χ0) is 21.8. The molecule has 8 nitrogen and oxygen atoms in total. The van der Waals surface area contributed by atoms with Crippen molar-refractivity contribution in [2.75, 3.05) is 25.0 Å². The Morgan fingerprint density at radius 1 is 1.37 bits per heavy atom. The molecule has 3 rings (SSSR count). The summed E-state index contributed by atoms with van der Waals surface area (Å²) in [7, 11) is 0. The Kier molecular flexibility index (Phi) is 6.55. The number of benzene rings is 1. The van der Waals surface area contributed by atoms with Crippen LogP contribution in [0, 0.1) is 18.3 Å². The molecule has 1 saturated heterocycles. The first-order valence-corrected chi connectivity index (χ1v) is 9.84. The summed E-state index contributed by atoms with van der Waals surface area (Å²) in [4.78, 5) is 31.4.